The number of benzene rings is 1. The second-order valence-corrected chi connectivity index (χ2v) is 5.64. The molecule has 18 heavy (non-hydrogen) atoms. The quantitative estimate of drug-likeness (QED) is 0.899. The molecule has 2 nitrogen and oxygen atoms in total. The number of nitrogens with two attached hydrogens (primary N) is 1. The van der Waals surface area contributed by atoms with Gasteiger partial charge in [0, 0.05) is 18.9 Å². The maximum Gasteiger partial charge on any atom is 0.159 e. The Balaban J connectivity index is 2.62. The van der Waals surface area contributed by atoms with Crippen LogP contribution in [0.5, 0.6) is 0 Å². The van der Waals surface area contributed by atoms with Gasteiger partial charge < -0.3 is 5.73 Å². The van der Waals surface area contributed by atoms with Crippen LogP contribution in [0.3, 0.4) is 0 Å². The van der Waals surface area contributed by atoms with Crippen LogP contribution in [0.25, 0.3) is 0 Å². The van der Waals surface area contributed by atoms with Crippen molar-refractivity contribution in [3.05, 3.63) is 35.4 Å². The van der Waals surface area contributed by atoms with Gasteiger partial charge in [0.25, 0.3) is 0 Å². The number of carbonyl (C=O) groups is 1. The fourth-order valence-corrected chi connectivity index (χ4v) is 1.50. The highest BCUT2D eigenvalue weighted by atomic mass is 19.2. The van der Waals surface area contributed by atoms with Gasteiger partial charge in [0.1, 0.15) is 5.78 Å². The minimum absolute atomic E-state index is 0.0663. The summed E-state index contributed by atoms with van der Waals surface area (Å²) in [6, 6.07) is 3.26. The minimum atomic E-state index is -0.930. The van der Waals surface area contributed by atoms with Gasteiger partial charge in [-0.05, 0) is 23.1 Å². The normalized spacial score (nSPS) is 13.4. The molecule has 0 amide bonds. The third-order valence-electron chi connectivity index (χ3n) is 2.95. The number of ketones is 1. The molecule has 0 fully saturated rings. The molecule has 0 aliphatic heterocycles. The van der Waals surface area contributed by atoms with Crippen molar-refractivity contribution in [2.75, 3.05) is 0 Å². The van der Waals surface area contributed by atoms with E-state index >= 15 is 0 Å². The first-order valence-corrected chi connectivity index (χ1v) is 5.91. The zero-order chi connectivity index (χ0) is 13.9. The van der Waals surface area contributed by atoms with E-state index in [0.29, 0.717) is 5.56 Å². The molecule has 1 aromatic carbocycles. The van der Waals surface area contributed by atoms with E-state index in [2.05, 4.69) is 0 Å². The number of hydrogen-bond donors (Lipinski definition) is 1. The summed E-state index contributed by atoms with van der Waals surface area (Å²) in [6.07, 6.45) is 0.323. The Bertz CT molecular complexity index is 438. The Morgan fingerprint density at radius 1 is 1.28 bits per heavy atom. The lowest BCUT2D eigenvalue weighted by atomic mass is 9.84. The topological polar surface area (TPSA) is 43.1 Å². The van der Waals surface area contributed by atoms with Crippen LogP contribution in [0.1, 0.15) is 32.8 Å². The van der Waals surface area contributed by atoms with Gasteiger partial charge in [-0.2, -0.15) is 0 Å². The smallest absolute Gasteiger partial charge is 0.159 e. The molecule has 0 heterocycles. The number of Topliss-reactive ketones (excluding diaryl/α,β-unsaturated/α-hetero) is 1. The lowest BCUT2D eigenvalue weighted by Crippen LogP contribution is -2.37. The summed E-state index contributed by atoms with van der Waals surface area (Å²) in [5, 5.41) is 0. The van der Waals surface area contributed by atoms with E-state index < -0.39 is 11.6 Å². The molecule has 0 aromatic heterocycles. The third-order valence-corrected chi connectivity index (χ3v) is 2.95. The van der Waals surface area contributed by atoms with Crippen molar-refractivity contribution in [3.8, 4) is 0 Å². The molecule has 4 heteroatoms. The molecular weight excluding hydrogens is 236 g/mol. The van der Waals surface area contributed by atoms with Crippen molar-refractivity contribution in [2.24, 2.45) is 11.1 Å². The molecule has 0 saturated heterocycles. The van der Waals surface area contributed by atoms with Crippen LogP contribution in [-0.4, -0.2) is 11.8 Å². The lowest BCUT2D eigenvalue weighted by Gasteiger charge is -2.26. The van der Waals surface area contributed by atoms with Crippen LogP contribution in [0, 0.1) is 17.0 Å². The highest BCUT2D eigenvalue weighted by Crippen LogP contribution is 2.20. The van der Waals surface area contributed by atoms with E-state index in [9.17, 15) is 13.6 Å². The van der Waals surface area contributed by atoms with Gasteiger partial charge in [-0.1, -0.05) is 26.8 Å². The van der Waals surface area contributed by atoms with Crippen LogP contribution in [0.2, 0.25) is 0 Å². The molecule has 0 radical (unpaired) electrons. The van der Waals surface area contributed by atoms with Gasteiger partial charge in [0.15, 0.2) is 11.6 Å². The molecule has 0 aliphatic carbocycles. The van der Waals surface area contributed by atoms with Crippen LogP contribution >= 0.6 is 0 Å². The van der Waals surface area contributed by atoms with Gasteiger partial charge >= 0.3 is 0 Å². The zero-order valence-electron chi connectivity index (χ0n) is 11.0. The van der Waals surface area contributed by atoms with E-state index in [1.807, 2.05) is 20.8 Å². The van der Waals surface area contributed by atoms with E-state index in [4.69, 9.17) is 5.73 Å². The van der Waals surface area contributed by atoms with Gasteiger partial charge in [-0.3, -0.25) is 4.79 Å². The molecule has 2 N–H and O–H groups in total. The van der Waals surface area contributed by atoms with Crippen molar-refractivity contribution in [1.82, 2.24) is 0 Å². The summed E-state index contributed by atoms with van der Waals surface area (Å²) in [6.45, 7) is 5.88. The largest absolute Gasteiger partial charge is 0.327 e. The number of rotatable bonds is 4. The van der Waals surface area contributed by atoms with Gasteiger partial charge in [-0.25, -0.2) is 8.78 Å². The van der Waals surface area contributed by atoms with Crippen molar-refractivity contribution < 1.29 is 13.6 Å². The first-order chi connectivity index (χ1) is 8.20. The summed E-state index contributed by atoms with van der Waals surface area (Å²) in [4.78, 5) is 11.8. The molecule has 1 aromatic rings. The van der Waals surface area contributed by atoms with E-state index in [-0.39, 0.29) is 30.1 Å². The first kappa shape index (κ1) is 14.8. The number of hydrogen-bond acceptors (Lipinski definition) is 2. The lowest BCUT2D eigenvalue weighted by molar-refractivity contribution is -0.119. The Morgan fingerprint density at radius 3 is 2.39 bits per heavy atom. The zero-order valence-corrected chi connectivity index (χ0v) is 11.0. The molecular formula is C14H19F2NO. The van der Waals surface area contributed by atoms with Gasteiger partial charge in [0.2, 0.25) is 0 Å². The van der Waals surface area contributed by atoms with E-state index in [0.717, 1.165) is 12.1 Å². The van der Waals surface area contributed by atoms with E-state index in [1.165, 1.54) is 6.07 Å². The van der Waals surface area contributed by atoms with Crippen LogP contribution < -0.4 is 5.73 Å². The highest BCUT2D eigenvalue weighted by molar-refractivity contribution is 5.81. The van der Waals surface area contributed by atoms with Gasteiger partial charge in [0.05, 0.1) is 0 Å². The standard InChI is InChI=1S/C14H19F2NO/c1-14(2,3)13(17)8-10(18)6-9-4-5-11(15)12(16)7-9/h4-5,7,13H,6,8,17H2,1-3H3. The monoisotopic (exact) mass is 255 g/mol. The molecule has 1 atom stereocenters. The van der Waals surface area contributed by atoms with Gasteiger partial charge in [-0.15, -0.1) is 0 Å². The fourth-order valence-electron chi connectivity index (χ4n) is 1.50. The Kier molecular flexibility index (Phi) is 4.57. The predicted octanol–water partition coefficient (Wildman–Crippen LogP) is 2.84. The molecule has 0 bridgehead atoms. The Morgan fingerprint density at radius 2 is 1.89 bits per heavy atom. The van der Waals surface area contributed by atoms with Crippen molar-refractivity contribution in [2.45, 2.75) is 39.7 Å². The molecule has 1 rings (SSSR count). The average molecular weight is 255 g/mol. The maximum absolute atomic E-state index is 13.0. The second-order valence-electron chi connectivity index (χ2n) is 5.64. The molecule has 0 aliphatic rings. The van der Waals surface area contributed by atoms with Crippen LogP contribution in [0.4, 0.5) is 8.78 Å². The maximum atomic E-state index is 13.0. The van der Waals surface area contributed by atoms with Crippen LogP contribution in [0.15, 0.2) is 18.2 Å². The molecule has 0 saturated carbocycles. The molecule has 1 unspecified atom stereocenters. The van der Waals surface area contributed by atoms with E-state index in [1.54, 1.807) is 0 Å². The fraction of sp³-hybridized carbons (Fsp3) is 0.500. The third kappa shape index (κ3) is 4.18. The molecule has 0 spiro atoms. The molecule has 100 valence electrons. The highest BCUT2D eigenvalue weighted by Gasteiger charge is 2.23. The first-order valence-electron chi connectivity index (χ1n) is 5.91. The summed E-state index contributed by atoms with van der Waals surface area (Å²) >= 11 is 0. The minimum Gasteiger partial charge on any atom is -0.327 e. The number of halogens is 2. The summed E-state index contributed by atoms with van der Waals surface area (Å²) in [5.74, 6) is -1.90. The van der Waals surface area contributed by atoms with Crippen molar-refractivity contribution in [1.29, 1.82) is 0 Å². The average Bonchev–Trinajstić information content (AvgIpc) is 2.22. The SMILES string of the molecule is CC(C)(C)C(N)CC(=O)Cc1ccc(F)c(F)c1. The van der Waals surface area contributed by atoms with Crippen molar-refractivity contribution in [3.63, 3.8) is 0 Å². The predicted molar refractivity (Wildman–Crippen MR) is 67.1 cm³/mol. The summed E-state index contributed by atoms with van der Waals surface area (Å²) in [7, 11) is 0. The second kappa shape index (κ2) is 5.57. The van der Waals surface area contributed by atoms with Crippen LogP contribution in [-0.2, 0) is 11.2 Å². The Hall–Kier alpha value is -1.29. The Labute approximate surface area is 106 Å². The summed E-state index contributed by atoms with van der Waals surface area (Å²) in [5.41, 5.74) is 6.23. The van der Waals surface area contributed by atoms with Crippen molar-refractivity contribution >= 4 is 5.78 Å². The number of carbonyl (C=O) groups excluding carboxylic acids is 1. The summed E-state index contributed by atoms with van der Waals surface area (Å²) < 4.78 is 25.7.